The summed E-state index contributed by atoms with van der Waals surface area (Å²) in [6.45, 7) is 5.31. The molecule has 10 heteroatoms. The van der Waals surface area contributed by atoms with Crippen molar-refractivity contribution in [1.29, 1.82) is 0 Å². The lowest BCUT2D eigenvalue weighted by Crippen LogP contribution is -2.31. The molecule has 30 heavy (non-hydrogen) atoms. The third-order valence-corrected chi connectivity index (χ3v) is 7.16. The lowest BCUT2D eigenvalue weighted by Gasteiger charge is -2.24. The Labute approximate surface area is 182 Å². The Morgan fingerprint density at radius 3 is 2.60 bits per heavy atom. The Morgan fingerprint density at radius 1 is 1.30 bits per heavy atom. The van der Waals surface area contributed by atoms with Crippen LogP contribution in [-0.4, -0.2) is 25.9 Å². The summed E-state index contributed by atoms with van der Waals surface area (Å²) in [5, 5.41) is 4.76. The molecular weight excluding hydrogens is 449 g/mol. The van der Waals surface area contributed by atoms with Crippen LogP contribution in [0.15, 0.2) is 65.4 Å². The highest BCUT2D eigenvalue weighted by Gasteiger charge is 2.27. The summed E-state index contributed by atoms with van der Waals surface area (Å²) >= 11 is 7.43. The van der Waals surface area contributed by atoms with Crippen molar-refractivity contribution < 1.29 is 17.6 Å². The second-order valence-corrected chi connectivity index (χ2v) is 9.29. The minimum atomic E-state index is -4.17. The number of carbonyl (C=O) groups is 1. The van der Waals surface area contributed by atoms with Gasteiger partial charge < -0.3 is 0 Å². The number of nitrogens with zero attached hydrogens (tertiary/aromatic N) is 2. The predicted molar refractivity (Wildman–Crippen MR) is 117 cm³/mol. The van der Waals surface area contributed by atoms with Crippen LogP contribution < -0.4 is 9.62 Å². The number of carbonyl (C=O) groups excluding carboxylic acids is 1. The van der Waals surface area contributed by atoms with Crippen LogP contribution in [0.1, 0.15) is 16.1 Å². The maximum absolute atomic E-state index is 13.3. The van der Waals surface area contributed by atoms with Crippen molar-refractivity contribution in [2.75, 3.05) is 16.2 Å². The molecule has 1 heterocycles. The molecule has 2 aromatic carbocycles. The van der Waals surface area contributed by atoms with Gasteiger partial charge in [-0.15, -0.1) is 17.9 Å². The fourth-order valence-electron chi connectivity index (χ4n) is 2.61. The van der Waals surface area contributed by atoms with E-state index in [-0.39, 0.29) is 27.7 Å². The SMILES string of the molecule is C=CCN(c1ccc(F)cc1)S(=O)(=O)c1cc(C(=O)Nc2nc(C)cs2)ccc1Cl. The van der Waals surface area contributed by atoms with E-state index in [1.807, 2.05) is 0 Å². The Morgan fingerprint density at radius 2 is 2.00 bits per heavy atom. The van der Waals surface area contributed by atoms with E-state index < -0.39 is 21.7 Å². The van der Waals surface area contributed by atoms with Gasteiger partial charge in [-0.05, 0) is 49.4 Å². The zero-order valence-corrected chi connectivity index (χ0v) is 18.2. The normalized spacial score (nSPS) is 11.2. The van der Waals surface area contributed by atoms with Gasteiger partial charge in [0.25, 0.3) is 15.9 Å². The van der Waals surface area contributed by atoms with Gasteiger partial charge in [0.15, 0.2) is 5.13 Å². The van der Waals surface area contributed by atoms with E-state index in [0.29, 0.717) is 5.13 Å². The fourth-order valence-corrected chi connectivity index (χ4v) is 5.23. The van der Waals surface area contributed by atoms with Crippen molar-refractivity contribution in [2.45, 2.75) is 11.8 Å². The van der Waals surface area contributed by atoms with E-state index in [2.05, 4.69) is 16.9 Å². The maximum atomic E-state index is 13.3. The number of aromatic nitrogens is 1. The molecule has 0 fully saturated rings. The van der Waals surface area contributed by atoms with Crippen LogP contribution in [0.4, 0.5) is 15.2 Å². The molecule has 0 saturated carbocycles. The largest absolute Gasteiger partial charge is 0.298 e. The van der Waals surface area contributed by atoms with Crippen molar-refractivity contribution in [3.8, 4) is 0 Å². The molecule has 0 radical (unpaired) electrons. The number of anilines is 2. The van der Waals surface area contributed by atoms with Crippen LogP contribution >= 0.6 is 22.9 Å². The quantitative estimate of drug-likeness (QED) is 0.504. The average molecular weight is 466 g/mol. The standard InChI is InChI=1S/C20H17ClFN3O3S2/c1-3-10-25(16-7-5-15(22)6-8-16)30(27,28)18-11-14(4-9-17(18)21)19(26)24-20-23-13(2)12-29-20/h3-9,11-12H,1,10H2,2H3,(H,23,24,26). The van der Waals surface area contributed by atoms with Crippen LogP contribution in [0.25, 0.3) is 0 Å². The van der Waals surface area contributed by atoms with Crippen molar-refractivity contribution in [3.05, 3.63) is 82.6 Å². The van der Waals surface area contributed by atoms with Crippen molar-refractivity contribution in [2.24, 2.45) is 0 Å². The molecule has 0 spiro atoms. The molecule has 6 nitrogen and oxygen atoms in total. The molecule has 1 amide bonds. The van der Waals surface area contributed by atoms with Crippen LogP contribution in [0.5, 0.6) is 0 Å². The van der Waals surface area contributed by atoms with E-state index >= 15 is 0 Å². The van der Waals surface area contributed by atoms with Gasteiger partial charge in [0.1, 0.15) is 10.7 Å². The summed E-state index contributed by atoms with van der Waals surface area (Å²) in [6, 6.07) is 8.95. The molecule has 0 aliphatic heterocycles. The first kappa shape index (κ1) is 21.9. The average Bonchev–Trinajstić information content (AvgIpc) is 3.11. The number of aryl methyl sites for hydroxylation is 1. The van der Waals surface area contributed by atoms with Gasteiger partial charge in [0.05, 0.1) is 22.9 Å². The number of sulfonamides is 1. The third-order valence-electron chi connectivity index (χ3n) is 4.01. The molecule has 156 valence electrons. The highest BCUT2D eigenvalue weighted by atomic mass is 35.5. The van der Waals surface area contributed by atoms with E-state index in [4.69, 9.17) is 11.6 Å². The molecule has 1 N–H and O–H groups in total. The van der Waals surface area contributed by atoms with Gasteiger partial charge in [-0.2, -0.15) is 0 Å². The number of rotatable bonds is 7. The van der Waals surface area contributed by atoms with E-state index in [1.165, 1.54) is 47.7 Å². The Bertz CT molecular complexity index is 1190. The summed E-state index contributed by atoms with van der Waals surface area (Å²) in [4.78, 5) is 16.5. The predicted octanol–water partition coefficient (Wildman–Crippen LogP) is 4.88. The lowest BCUT2D eigenvalue weighted by atomic mass is 10.2. The number of nitrogens with one attached hydrogen (secondary N) is 1. The minimum absolute atomic E-state index is 0.0483. The lowest BCUT2D eigenvalue weighted by molar-refractivity contribution is 0.102. The van der Waals surface area contributed by atoms with E-state index in [9.17, 15) is 17.6 Å². The minimum Gasteiger partial charge on any atom is -0.298 e. The molecule has 3 aromatic rings. The molecule has 0 unspecified atom stereocenters. The van der Waals surface area contributed by atoms with E-state index in [1.54, 1.807) is 12.3 Å². The number of hydrogen-bond donors (Lipinski definition) is 1. The summed E-state index contributed by atoms with van der Waals surface area (Å²) in [5.74, 6) is -1.02. The second-order valence-electron chi connectivity index (χ2n) is 6.19. The molecule has 0 aliphatic rings. The Hall–Kier alpha value is -2.75. The molecule has 3 rings (SSSR count). The smallest absolute Gasteiger partial charge is 0.266 e. The third kappa shape index (κ3) is 4.69. The first-order chi connectivity index (χ1) is 14.2. The zero-order chi connectivity index (χ0) is 21.9. The molecule has 0 atom stereocenters. The van der Waals surface area contributed by atoms with Gasteiger partial charge in [-0.1, -0.05) is 17.7 Å². The summed E-state index contributed by atoms with van der Waals surface area (Å²) < 4.78 is 41.0. The number of hydrogen-bond acceptors (Lipinski definition) is 5. The van der Waals surface area contributed by atoms with Crippen LogP contribution in [0.2, 0.25) is 5.02 Å². The van der Waals surface area contributed by atoms with Gasteiger partial charge in [-0.25, -0.2) is 17.8 Å². The summed E-state index contributed by atoms with van der Waals surface area (Å²) in [7, 11) is -4.17. The highest BCUT2D eigenvalue weighted by molar-refractivity contribution is 7.93. The number of halogens is 2. The molecule has 0 aliphatic carbocycles. The van der Waals surface area contributed by atoms with Crippen molar-refractivity contribution >= 4 is 49.7 Å². The maximum Gasteiger partial charge on any atom is 0.266 e. The van der Waals surface area contributed by atoms with Crippen LogP contribution in [-0.2, 0) is 10.0 Å². The van der Waals surface area contributed by atoms with Gasteiger partial charge >= 0.3 is 0 Å². The molecule has 0 bridgehead atoms. The first-order valence-electron chi connectivity index (χ1n) is 8.64. The topological polar surface area (TPSA) is 79.4 Å². The fraction of sp³-hybridized carbons (Fsp3) is 0.100. The highest BCUT2D eigenvalue weighted by Crippen LogP contribution is 2.30. The molecule has 1 aromatic heterocycles. The van der Waals surface area contributed by atoms with Crippen molar-refractivity contribution in [3.63, 3.8) is 0 Å². The Balaban J connectivity index is 1.99. The number of thiazole rings is 1. The van der Waals surface area contributed by atoms with Crippen LogP contribution in [0, 0.1) is 12.7 Å². The zero-order valence-electron chi connectivity index (χ0n) is 15.8. The van der Waals surface area contributed by atoms with Gasteiger partial charge in [0.2, 0.25) is 0 Å². The molecular formula is C20H17ClFN3O3S2. The van der Waals surface area contributed by atoms with Gasteiger partial charge in [-0.3, -0.25) is 14.4 Å². The second kappa shape index (κ2) is 8.95. The number of benzene rings is 2. The monoisotopic (exact) mass is 465 g/mol. The summed E-state index contributed by atoms with van der Waals surface area (Å²) in [5.41, 5.74) is 1.10. The van der Waals surface area contributed by atoms with Crippen molar-refractivity contribution in [1.82, 2.24) is 4.98 Å². The number of amides is 1. The summed E-state index contributed by atoms with van der Waals surface area (Å²) in [6.07, 6.45) is 1.40. The molecule has 0 saturated heterocycles. The van der Waals surface area contributed by atoms with E-state index in [0.717, 1.165) is 22.1 Å². The first-order valence-corrected chi connectivity index (χ1v) is 11.3. The van der Waals surface area contributed by atoms with Gasteiger partial charge in [0, 0.05) is 10.9 Å². The Kier molecular flexibility index (Phi) is 6.55. The van der Waals surface area contributed by atoms with Crippen LogP contribution in [0.3, 0.4) is 0 Å².